The van der Waals surface area contributed by atoms with E-state index < -0.39 is 0 Å². The van der Waals surface area contributed by atoms with Crippen molar-refractivity contribution in [2.45, 2.75) is 13.0 Å². The average Bonchev–Trinajstić information content (AvgIpc) is 2.94. The number of nitrogens with zero attached hydrogens (tertiary/aromatic N) is 1. The van der Waals surface area contributed by atoms with Crippen molar-refractivity contribution in [1.29, 1.82) is 0 Å². The van der Waals surface area contributed by atoms with Crippen LogP contribution in [-0.2, 0) is 11.3 Å². The Labute approximate surface area is 154 Å². The number of hydrogen-bond acceptors (Lipinski definition) is 2. The SMILES string of the molecule is O=C(NCC1CC(=O)N(Cc2ccc(F)cc2)C1)c1cccc(Br)c1. The monoisotopic (exact) mass is 404 g/mol. The zero-order valence-corrected chi connectivity index (χ0v) is 15.1. The summed E-state index contributed by atoms with van der Waals surface area (Å²) < 4.78 is 13.8. The van der Waals surface area contributed by atoms with Crippen LogP contribution in [0.25, 0.3) is 0 Å². The van der Waals surface area contributed by atoms with Gasteiger partial charge in [0.25, 0.3) is 5.91 Å². The number of benzene rings is 2. The van der Waals surface area contributed by atoms with Gasteiger partial charge in [-0.05, 0) is 35.9 Å². The Balaban J connectivity index is 1.52. The maximum absolute atomic E-state index is 13.0. The molecule has 2 aromatic rings. The molecule has 1 atom stereocenters. The zero-order valence-electron chi connectivity index (χ0n) is 13.5. The van der Waals surface area contributed by atoms with Crippen molar-refractivity contribution in [3.63, 3.8) is 0 Å². The predicted octanol–water partition coefficient (Wildman–Crippen LogP) is 3.37. The van der Waals surface area contributed by atoms with Crippen LogP contribution in [0, 0.1) is 11.7 Å². The Kier molecular flexibility index (Phi) is 5.48. The lowest BCUT2D eigenvalue weighted by Crippen LogP contribution is -2.31. The highest BCUT2D eigenvalue weighted by Crippen LogP contribution is 2.20. The highest BCUT2D eigenvalue weighted by molar-refractivity contribution is 9.10. The second-order valence-corrected chi connectivity index (χ2v) is 7.11. The topological polar surface area (TPSA) is 49.4 Å². The van der Waals surface area contributed by atoms with Crippen LogP contribution in [0.2, 0.25) is 0 Å². The molecule has 0 bridgehead atoms. The third-order valence-corrected chi connectivity index (χ3v) is 4.71. The summed E-state index contributed by atoms with van der Waals surface area (Å²) in [5.41, 5.74) is 1.48. The highest BCUT2D eigenvalue weighted by Gasteiger charge is 2.29. The van der Waals surface area contributed by atoms with Gasteiger partial charge in [-0.2, -0.15) is 0 Å². The average molecular weight is 405 g/mol. The van der Waals surface area contributed by atoms with E-state index in [-0.39, 0.29) is 23.5 Å². The third kappa shape index (κ3) is 4.66. The number of hydrogen-bond donors (Lipinski definition) is 1. The van der Waals surface area contributed by atoms with Crippen molar-refractivity contribution in [3.05, 3.63) is 69.9 Å². The number of nitrogens with one attached hydrogen (secondary N) is 1. The van der Waals surface area contributed by atoms with Crippen LogP contribution in [0.15, 0.2) is 53.0 Å². The van der Waals surface area contributed by atoms with Gasteiger partial charge in [0, 0.05) is 42.0 Å². The predicted molar refractivity (Wildman–Crippen MR) is 96.4 cm³/mol. The first-order valence-corrected chi connectivity index (χ1v) is 8.86. The Hall–Kier alpha value is -2.21. The standard InChI is InChI=1S/C19H18BrFN2O2/c20-16-3-1-2-15(9-16)19(25)22-10-14-8-18(24)23(12-14)11-13-4-6-17(21)7-5-13/h1-7,9,14H,8,10-12H2,(H,22,25). The second-order valence-electron chi connectivity index (χ2n) is 6.19. The summed E-state index contributed by atoms with van der Waals surface area (Å²) in [5, 5.41) is 2.89. The number of amides is 2. The molecular formula is C19H18BrFN2O2. The second kappa shape index (κ2) is 7.78. The van der Waals surface area contributed by atoms with Crippen LogP contribution >= 0.6 is 15.9 Å². The Morgan fingerprint density at radius 2 is 2.00 bits per heavy atom. The van der Waals surface area contributed by atoms with Crippen LogP contribution in [-0.4, -0.2) is 29.8 Å². The molecule has 1 saturated heterocycles. The van der Waals surface area contributed by atoms with E-state index in [4.69, 9.17) is 0 Å². The molecule has 6 heteroatoms. The van der Waals surface area contributed by atoms with E-state index in [1.165, 1.54) is 12.1 Å². The van der Waals surface area contributed by atoms with Crippen LogP contribution in [0.4, 0.5) is 4.39 Å². The molecule has 1 N–H and O–H groups in total. The maximum Gasteiger partial charge on any atom is 0.251 e. The largest absolute Gasteiger partial charge is 0.352 e. The minimum absolute atomic E-state index is 0.0611. The van der Waals surface area contributed by atoms with Gasteiger partial charge in [0.15, 0.2) is 0 Å². The van der Waals surface area contributed by atoms with Crippen molar-refractivity contribution >= 4 is 27.7 Å². The molecule has 0 radical (unpaired) electrons. The normalized spacial score (nSPS) is 17.0. The van der Waals surface area contributed by atoms with Gasteiger partial charge in [0.2, 0.25) is 5.91 Å². The fourth-order valence-electron chi connectivity index (χ4n) is 2.92. The van der Waals surface area contributed by atoms with Gasteiger partial charge >= 0.3 is 0 Å². The van der Waals surface area contributed by atoms with Gasteiger partial charge in [-0.25, -0.2) is 4.39 Å². The van der Waals surface area contributed by atoms with Gasteiger partial charge in [0.05, 0.1) is 0 Å². The van der Waals surface area contributed by atoms with Gasteiger partial charge in [-0.1, -0.05) is 34.1 Å². The summed E-state index contributed by atoms with van der Waals surface area (Å²) in [6.07, 6.45) is 0.417. The van der Waals surface area contributed by atoms with Gasteiger partial charge in [0.1, 0.15) is 5.82 Å². The molecule has 1 heterocycles. The molecule has 3 rings (SSSR count). The minimum atomic E-state index is -0.287. The molecule has 0 aromatic heterocycles. The van der Waals surface area contributed by atoms with Crippen molar-refractivity contribution in [3.8, 4) is 0 Å². The number of carbonyl (C=O) groups is 2. The van der Waals surface area contributed by atoms with E-state index in [0.717, 1.165) is 10.0 Å². The molecule has 0 aliphatic carbocycles. The molecule has 25 heavy (non-hydrogen) atoms. The third-order valence-electron chi connectivity index (χ3n) is 4.22. The first kappa shape index (κ1) is 17.6. The van der Waals surface area contributed by atoms with E-state index in [2.05, 4.69) is 21.2 Å². The zero-order chi connectivity index (χ0) is 17.8. The van der Waals surface area contributed by atoms with Crippen LogP contribution in [0.5, 0.6) is 0 Å². The molecule has 0 saturated carbocycles. The summed E-state index contributed by atoms with van der Waals surface area (Å²) in [5.74, 6) is -0.287. The van der Waals surface area contributed by atoms with Crippen molar-refractivity contribution in [1.82, 2.24) is 10.2 Å². The van der Waals surface area contributed by atoms with Crippen molar-refractivity contribution in [2.24, 2.45) is 5.92 Å². The fourth-order valence-corrected chi connectivity index (χ4v) is 3.32. The quantitative estimate of drug-likeness (QED) is 0.830. The fraction of sp³-hybridized carbons (Fsp3) is 0.263. The Morgan fingerprint density at radius 3 is 2.72 bits per heavy atom. The van der Waals surface area contributed by atoms with E-state index >= 15 is 0 Å². The number of carbonyl (C=O) groups excluding carboxylic acids is 2. The van der Waals surface area contributed by atoms with E-state index in [0.29, 0.717) is 31.6 Å². The van der Waals surface area contributed by atoms with E-state index in [1.807, 2.05) is 12.1 Å². The first-order valence-electron chi connectivity index (χ1n) is 8.07. The molecule has 1 unspecified atom stereocenters. The summed E-state index contributed by atoms with van der Waals surface area (Å²) in [7, 11) is 0. The maximum atomic E-state index is 13.0. The van der Waals surface area contributed by atoms with Gasteiger partial charge in [-0.3, -0.25) is 9.59 Å². The van der Waals surface area contributed by atoms with Crippen LogP contribution in [0.3, 0.4) is 0 Å². The molecule has 2 aromatic carbocycles. The highest BCUT2D eigenvalue weighted by atomic mass is 79.9. The summed E-state index contributed by atoms with van der Waals surface area (Å²) in [4.78, 5) is 26.1. The minimum Gasteiger partial charge on any atom is -0.352 e. The lowest BCUT2D eigenvalue weighted by atomic mass is 10.1. The lowest BCUT2D eigenvalue weighted by molar-refractivity contribution is -0.128. The Bertz CT molecular complexity index is 779. The van der Waals surface area contributed by atoms with Gasteiger partial charge < -0.3 is 10.2 Å². The number of likely N-dealkylation sites (tertiary alicyclic amines) is 1. The van der Waals surface area contributed by atoms with Crippen LogP contribution in [0.1, 0.15) is 22.3 Å². The Morgan fingerprint density at radius 1 is 1.24 bits per heavy atom. The molecule has 1 aliphatic rings. The lowest BCUT2D eigenvalue weighted by Gasteiger charge is -2.17. The molecule has 0 spiro atoms. The molecule has 4 nitrogen and oxygen atoms in total. The van der Waals surface area contributed by atoms with Gasteiger partial charge in [-0.15, -0.1) is 0 Å². The summed E-state index contributed by atoms with van der Waals surface area (Å²) in [6.45, 7) is 1.52. The number of rotatable bonds is 5. The van der Waals surface area contributed by atoms with Crippen molar-refractivity contribution < 1.29 is 14.0 Å². The molecule has 1 fully saturated rings. The molecular weight excluding hydrogens is 387 g/mol. The summed E-state index contributed by atoms with van der Waals surface area (Å²) >= 11 is 3.34. The van der Waals surface area contributed by atoms with Crippen molar-refractivity contribution in [2.75, 3.05) is 13.1 Å². The molecule has 2 amide bonds. The number of halogens is 2. The molecule has 130 valence electrons. The van der Waals surface area contributed by atoms with E-state index in [9.17, 15) is 14.0 Å². The van der Waals surface area contributed by atoms with E-state index in [1.54, 1.807) is 29.2 Å². The smallest absolute Gasteiger partial charge is 0.251 e. The first-order chi connectivity index (χ1) is 12.0. The molecule has 1 aliphatic heterocycles. The van der Waals surface area contributed by atoms with Crippen LogP contribution < -0.4 is 5.32 Å². The summed E-state index contributed by atoms with van der Waals surface area (Å²) in [6, 6.07) is 13.3.